The molecule has 5 nitrogen and oxygen atoms in total. The van der Waals surface area contributed by atoms with Crippen LogP contribution in [-0.4, -0.2) is 11.8 Å². The highest BCUT2D eigenvalue weighted by molar-refractivity contribution is 9.10. The minimum atomic E-state index is -0.183. The molecule has 33 heavy (non-hydrogen) atoms. The van der Waals surface area contributed by atoms with Crippen LogP contribution in [0.25, 0.3) is 0 Å². The summed E-state index contributed by atoms with van der Waals surface area (Å²) >= 11 is 6.71. The van der Waals surface area contributed by atoms with Crippen LogP contribution < -0.4 is 15.4 Å². The van der Waals surface area contributed by atoms with E-state index in [4.69, 9.17) is 4.74 Å². The van der Waals surface area contributed by atoms with Crippen molar-refractivity contribution in [1.29, 1.82) is 0 Å². The number of rotatable bonds is 6. The standard InChI is InChI=1S/C26H18Br2N2O3/c27-19-5-1-17(2-6-19)25(31)29-21-9-13-23(14-10-21)33-24-15-11-22(12-16-24)30-26(32)18-3-7-20(28)8-4-18/h1-16H,(H,29,31)(H,30,32). The number of carbonyl (C=O) groups excluding carboxylic acids is 2. The molecule has 0 aliphatic rings. The van der Waals surface area contributed by atoms with Crippen LogP contribution in [0.1, 0.15) is 20.7 Å². The van der Waals surface area contributed by atoms with Gasteiger partial charge in [-0.25, -0.2) is 0 Å². The molecule has 2 amide bonds. The van der Waals surface area contributed by atoms with Gasteiger partial charge < -0.3 is 15.4 Å². The summed E-state index contributed by atoms with van der Waals surface area (Å²) in [5.74, 6) is 0.889. The van der Waals surface area contributed by atoms with Gasteiger partial charge in [0.25, 0.3) is 11.8 Å². The second-order valence-electron chi connectivity index (χ2n) is 7.07. The number of carbonyl (C=O) groups is 2. The van der Waals surface area contributed by atoms with Gasteiger partial charge >= 0.3 is 0 Å². The average Bonchev–Trinajstić information content (AvgIpc) is 2.82. The number of hydrogen-bond donors (Lipinski definition) is 2. The maximum atomic E-state index is 12.3. The fourth-order valence-electron chi connectivity index (χ4n) is 2.96. The second-order valence-corrected chi connectivity index (χ2v) is 8.90. The van der Waals surface area contributed by atoms with Gasteiger partial charge in [-0.2, -0.15) is 0 Å². The molecule has 0 spiro atoms. The minimum Gasteiger partial charge on any atom is -0.457 e. The average molecular weight is 566 g/mol. The lowest BCUT2D eigenvalue weighted by Gasteiger charge is -2.10. The predicted molar refractivity (Wildman–Crippen MR) is 137 cm³/mol. The molecule has 0 fully saturated rings. The van der Waals surface area contributed by atoms with E-state index >= 15 is 0 Å². The fourth-order valence-corrected chi connectivity index (χ4v) is 3.49. The normalized spacial score (nSPS) is 10.4. The zero-order valence-corrected chi connectivity index (χ0v) is 20.4. The van der Waals surface area contributed by atoms with Gasteiger partial charge in [0.15, 0.2) is 0 Å². The molecule has 7 heteroatoms. The molecule has 4 rings (SSSR count). The summed E-state index contributed by atoms with van der Waals surface area (Å²) in [5, 5.41) is 5.72. The number of amides is 2. The van der Waals surface area contributed by atoms with Crippen molar-refractivity contribution in [2.75, 3.05) is 10.6 Å². The molecule has 0 saturated heterocycles. The van der Waals surface area contributed by atoms with E-state index in [2.05, 4.69) is 42.5 Å². The topological polar surface area (TPSA) is 67.4 Å². The molecule has 0 heterocycles. The number of nitrogens with one attached hydrogen (secondary N) is 2. The molecule has 0 aliphatic heterocycles. The van der Waals surface area contributed by atoms with Crippen LogP contribution in [0.4, 0.5) is 11.4 Å². The van der Waals surface area contributed by atoms with Crippen LogP contribution in [0.2, 0.25) is 0 Å². The molecule has 4 aromatic rings. The first kappa shape index (κ1) is 22.8. The van der Waals surface area contributed by atoms with Crippen molar-refractivity contribution in [2.45, 2.75) is 0 Å². The summed E-state index contributed by atoms with van der Waals surface area (Å²) in [6.07, 6.45) is 0. The number of hydrogen-bond acceptors (Lipinski definition) is 3. The Balaban J connectivity index is 1.33. The highest BCUT2D eigenvalue weighted by Crippen LogP contribution is 2.25. The first-order chi connectivity index (χ1) is 16.0. The van der Waals surface area contributed by atoms with Gasteiger partial charge in [-0.05, 0) is 97.1 Å². The first-order valence-electron chi connectivity index (χ1n) is 9.98. The van der Waals surface area contributed by atoms with E-state index in [0.717, 1.165) is 8.95 Å². The Morgan fingerprint density at radius 1 is 0.515 bits per heavy atom. The third-order valence-corrected chi connectivity index (χ3v) is 5.73. The smallest absolute Gasteiger partial charge is 0.255 e. The van der Waals surface area contributed by atoms with Gasteiger partial charge in [-0.1, -0.05) is 31.9 Å². The quantitative estimate of drug-likeness (QED) is 0.254. The first-order valence-corrected chi connectivity index (χ1v) is 11.6. The van der Waals surface area contributed by atoms with Gasteiger partial charge in [0.05, 0.1) is 0 Å². The van der Waals surface area contributed by atoms with Crippen LogP contribution in [0, 0.1) is 0 Å². The molecule has 0 aromatic heterocycles. The third-order valence-electron chi connectivity index (χ3n) is 4.67. The van der Waals surface area contributed by atoms with E-state index in [1.165, 1.54) is 0 Å². The van der Waals surface area contributed by atoms with Crippen molar-refractivity contribution >= 4 is 55.0 Å². The van der Waals surface area contributed by atoms with Crippen molar-refractivity contribution in [3.8, 4) is 11.5 Å². The van der Waals surface area contributed by atoms with E-state index in [-0.39, 0.29) is 11.8 Å². The maximum absolute atomic E-state index is 12.3. The van der Waals surface area contributed by atoms with Crippen LogP contribution in [0.3, 0.4) is 0 Å². The molecule has 0 radical (unpaired) electrons. The molecule has 4 aromatic carbocycles. The molecule has 164 valence electrons. The number of benzene rings is 4. The Bertz CT molecular complexity index is 1150. The number of ether oxygens (including phenoxy) is 1. The van der Waals surface area contributed by atoms with Gasteiger partial charge in [0, 0.05) is 31.4 Å². The summed E-state index contributed by atoms with van der Waals surface area (Å²) in [5.41, 5.74) is 2.49. The van der Waals surface area contributed by atoms with Crippen LogP contribution in [0.15, 0.2) is 106 Å². The Labute approximate surface area is 208 Å². The molecule has 0 unspecified atom stereocenters. The van der Waals surface area contributed by atoms with Crippen LogP contribution in [-0.2, 0) is 0 Å². The van der Waals surface area contributed by atoms with Crippen molar-refractivity contribution in [3.05, 3.63) is 117 Å². The van der Waals surface area contributed by atoms with E-state index in [1.807, 2.05) is 24.3 Å². The van der Waals surface area contributed by atoms with Crippen molar-refractivity contribution in [2.24, 2.45) is 0 Å². The highest BCUT2D eigenvalue weighted by Gasteiger charge is 2.08. The van der Waals surface area contributed by atoms with E-state index in [0.29, 0.717) is 34.0 Å². The minimum absolute atomic E-state index is 0.183. The number of halogens is 2. The second kappa shape index (κ2) is 10.5. The predicted octanol–water partition coefficient (Wildman–Crippen LogP) is 7.51. The largest absolute Gasteiger partial charge is 0.457 e. The molecule has 2 N–H and O–H groups in total. The van der Waals surface area contributed by atoms with Crippen LogP contribution >= 0.6 is 31.9 Å². The summed E-state index contributed by atoms with van der Waals surface area (Å²) in [4.78, 5) is 24.7. The monoisotopic (exact) mass is 564 g/mol. The van der Waals surface area contributed by atoms with Crippen molar-refractivity contribution in [1.82, 2.24) is 0 Å². The van der Waals surface area contributed by atoms with Gasteiger partial charge in [-0.3, -0.25) is 9.59 Å². The zero-order chi connectivity index (χ0) is 23.2. The van der Waals surface area contributed by atoms with Crippen molar-refractivity contribution < 1.29 is 14.3 Å². The van der Waals surface area contributed by atoms with Gasteiger partial charge in [-0.15, -0.1) is 0 Å². The molecule has 0 saturated carbocycles. The Morgan fingerprint density at radius 2 is 0.848 bits per heavy atom. The van der Waals surface area contributed by atoms with Crippen molar-refractivity contribution in [3.63, 3.8) is 0 Å². The summed E-state index contributed by atoms with van der Waals surface area (Å²) in [7, 11) is 0. The number of anilines is 2. The lowest BCUT2D eigenvalue weighted by atomic mass is 10.2. The molecule has 0 atom stereocenters. The van der Waals surface area contributed by atoms with E-state index in [1.54, 1.807) is 72.8 Å². The van der Waals surface area contributed by atoms with Crippen LogP contribution in [0.5, 0.6) is 11.5 Å². The third kappa shape index (κ3) is 6.31. The molecule has 0 bridgehead atoms. The lowest BCUT2D eigenvalue weighted by molar-refractivity contribution is 0.101. The van der Waals surface area contributed by atoms with E-state index in [9.17, 15) is 9.59 Å². The van der Waals surface area contributed by atoms with E-state index < -0.39 is 0 Å². The molecule has 0 aliphatic carbocycles. The van der Waals surface area contributed by atoms with Gasteiger partial charge in [0.1, 0.15) is 11.5 Å². The molecular formula is C26H18Br2N2O3. The van der Waals surface area contributed by atoms with Gasteiger partial charge in [0.2, 0.25) is 0 Å². The Morgan fingerprint density at radius 3 is 1.18 bits per heavy atom. The maximum Gasteiger partial charge on any atom is 0.255 e. The Kier molecular flexibility index (Phi) is 7.22. The Hall–Kier alpha value is -3.42. The zero-order valence-electron chi connectivity index (χ0n) is 17.2. The summed E-state index contributed by atoms with van der Waals surface area (Å²) in [6.45, 7) is 0. The lowest BCUT2D eigenvalue weighted by Crippen LogP contribution is -2.11. The summed E-state index contributed by atoms with van der Waals surface area (Å²) in [6, 6.07) is 28.5. The molecular weight excluding hydrogens is 548 g/mol. The SMILES string of the molecule is O=C(Nc1ccc(Oc2ccc(NC(=O)c3ccc(Br)cc3)cc2)cc1)c1ccc(Br)cc1. The summed E-state index contributed by atoms with van der Waals surface area (Å²) < 4.78 is 7.69. The fraction of sp³-hybridized carbons (Fsp3) is 0. The highest BCUT2D eigenvalue weighted by atomic mass is 79.9.